The molecule has 0 spiro atoms. The summed E-state index contributed by atoms with van der Waals surface area (Å²) in [6.45, 7) is 3.49. The average molecular weight is 233 g/mol. The lowest BCUT2D eigenvalue weighted by molar-refractivity contribution is -0.149. The van der Waals surface area contributed by atoms with Crippen molar-refractivity contribution < 1.29 is 14.4 Å². The molecule has 1 atom stereocenters. The van der Waals surface area contributed by atoms with Gasteiger partial charge in [-0.3, -0.25) is 4.79 Å². The van der Waals surface area contributed by atoms with Crippen molar-refractivity contribution in [1.82, 2.24) is 0 Å². The van der Waals surface area contributed by atoms with E-state index in [-0.39, 0.29) is 12.6 Å². The molecule has 4 nitrogen and oxygen atoms in total. The van der Waals surface area contributed by atoms with Crippen molar-refractivity contribution in [1.29, 1.82) is 0 Å². The molecule has 2 rings (SSSR count). The molecule has 1 heterocycles. The van der Waals surface area contributed by atoms with Gasteiger partial charge in [0, 0.05) is 13.3 Å². The van der Waals surface area contributed by atoms with Crippen LogP contribution in [-0.4, -0.2) is 23.9 Å². The van der Waals surface area contributed by atoms with Crippen LogP contribution in [0.3, 0.4) is 0 Å². The normalized spacial score (nSPS) is 22.8. The number of esters is 1. The number of carbonyl (C=O) groups is 1. The number of nitrogens with zero attached hydrogens (tertiary/aromatic N) is 1. The average Bonchev–Trinajstić information content (AvgIpc) is 2.72. The number of ether oxygens (including phenoxy) is 1. The van der Waals surface area contributed by atoms with Crippen molar-refractivity contribution >= 4 is 11.7 Å². The topological polar surface area (TPSA) is 47.9 Å². The minimum Gasteiger partial charge on any atom is -0.461 e. The smallest absolute Gasteiger partial charge is 0.302 e. The van der Waals surface area contributed by atoms with E-state index >= 15 is 0 Å². The van der Waals surface area contributed by atoms with Crippen LogP contribution in [0.5, 0.6) is 0 Å². The first-order valence-electron chi connectivity index (χ1n) is 5.53. The number of carbonyl (C=O) groups excluding carboxylic acids is 1. The summed E-state index contributed by atoms with van der Waals surface area (Å²) in [5, 5.41) is 4.06. The van der Waals surface area contributed by atoms with Gasteiger partial charge in [-0.15, -0.1) is 0 Å². The maximum absolute atomic E-state index is 10.8. The van der Waals surface area contributed by atoms with Crippen molar-refractivity contribution in [2.45, 2.75) is 25.9 Å². The third-order valence-electron chi connectivity index (χ3n) is 2.61. The van der Waals surface area contributed by atoms with Gasteiger partial charge >= 0.3 is 5.97 Å². The second kappa shape index (κ2) is 4.57. The van der Waals surface area contributed by atoms with Gasteiger partial charge in [0.15, 0.2) is 5.60 Å². The summed E-state index contributed by atoms with van der Waals surface area (Å²) in [5.41, 5.74) is 1.39. The SMILES string of the molecule is CC(=O)OCC1(C)CC(c2ccccc2)=NO1. The molecule has 0 saturated carbocycles. The Morgan fingerprint density at radius 3 is 2.82 bits per heavy atom. The summed E-state index contributed by atoms with van der Waals surface area (Å²) in [7, 11) is 0. The molecule has 17 heavy (non-hydrogen) atoms. The van der Waals surface area contributed by atoms with Crippen molar-refractivity contribution in [2.24, 2.45) is 5.16 Å². The third kappa shape index (κ3) is 2.84. The van der Waals surface area contributed by atoms with Crippen LogP contribution in [0.15, 0.2) is 35.5 Å². The number of hydrogen-bond donors (Lipinski definition) is 0. The highest BCUT2D eigenvalue weighted by atomic mass is 16.7. The maximum Gasteiger partial charge on any atom is 0.302 e. The second-order valence-corrected chi connectivity index (χ2v) is 4.40. The minimum atomic E-state index is -0.545. The first-order chi connectivity index (χ1) is 8.09. The zero-order valence-corrected chi connectivity index (χ0v) is 9.97. The fourth-order valence-corrected chi connectivity index (χ4v) is 1.70. The Labute approximate surface area is 100 Å². The largest absolute Gasteiger partial charge is 0.461 e. The van der Waals surface area contributed by atoms with Gasteiger partial charge < -0.3 is 9.57 Å². The molecule has 4 heteroatoms. The molecule has 0 saturated heterocycles. The summed E-state index contributed by atoms with van der Waals surface area (Å²) in [5.74, 6) is -0.303. The van der Waals surface area contributed by atoms with E-state index in [4.69, 9.17) is 9.57 Å². The van der Waals surface area contributed by atoms with Crippen LogP contribution in [-0.2, 0) is 14.4 Å². The Morgan fingerprint density at radius 2 is 2.18 bits per heavy atom. The van der Waals surface area contributed by atoms with Gasteiger partial charge in [-0.2, -0.15) is 0 Å². The van der Waals surface area contributed by atoms with Gasteiger partial charge in [-0.1, -0.05) is 35.5 Å². The van der Waals surface area contributed by atoms with Crippen molar-refractivity contribution in [3.63, 3.8) is 0 Å². The third-order valence-corrected chi connectivity index (χ3v) is 2.61. The molecule has 1 aliphatic rings. The Balaban J connectivity index is 2.01. The van der Waals surface area contributed by atoms with Crippen LogP contribution in [0.25, 0.3) is 0 Å². The van der Waals surface area contributed by atoms with Crippen LogP contribution in [0.2, 0.25) is 0 Å². The molecule has 0 bridgehead atoms. The van der Waals surface area contributed by atoms with Gasteiger partial charge in [-0.05, 0) is 12.5 Å². The lowest BCUT2D eigenvalue weighted by Crippen LogP contribution is -2.32. The van der Waals surface area contributed by atoms with E-state index in [1.165, 1.54) is 6.92 Å². The van der Waals surface area contributed by atoms with Crippen molar-refractivity contribution in [3.05, 3.63) is 35.9 Å². The van der Waals surface area contributed by atoms with Gasteiger partial charge in [0.2, 0.25) is 0 Å². The zero-order valence-electron chi connectivity index (χ0n) is 9.97. The summed E-state index contributed by atoms with van der Waals surface area (Å²) in [6, 6.07) is 9.84. The number of hydrogen-bond acceptors (Lipinski definition) is 4. The van der Waals surface area contributed by atoms with Gasteiger partial charge in [0.25, 0.3) is 0 Å². The molecular weight excluding hydrogens is 218 g/mol. The lowest BCUT2D eigenvalue weighted by atomic mass is 9.97. The van der Waals surface area contributed by atoms with Crippen LogP contribution >= 0.6 is 0 Å². The molecule has 0 N–H and O–H groups in total. The molecular formula is C13H15NO3. The number of oxime groups is 1. The molecule has 1 aromatic rings. The molecule has 0 fully saturated rings. The van der Waals surface area contributed by atoms with Crippen LogP contribution in [0, 0.1) is 0 Å². The Morgan fingerprint density at radius 1 is 1.47 bits per heavy atom. The monoisotopic (exact) mass is 233 g/mol. The minimum absolute atomic E-state index is 0.224. The standard InChI is InChI=1S/C13H15NO3/c1-10(15)16-9-13(2)8-12(14-17-13)11-6-4-3-5-7-11/h3-7H,8-9H2,1-2H3. The molecule has 1 unspecified atom stereocenters. The summed E-state index contributed by atoms with van der Waals surface area (Å²) in [6.07, 6.45) is 0.643. The number of benzene rings is 1. The molecule has 1 aromatic carbocycles. The highest BCUT2D eigenvalue weighted by Crippen LogP contribution is 2.26. The quantitative estimate of drug-likeness (QED) is 0.751. The summed E-state index contributed by atoms with van der Waals surface area (Å²) in [4.78, 5) is 16.1. The molecule has 0 radical (unpaired) electrons. The Bertz CT molecular complexity index is 441. The lowest BCUT2D eigenvalue weighted by Gasteiger charge is -2.20. The molecule has 0 amide bonds. The summed E-state index contributed by atoms with van der Waals surface area (Å²) < 4.78 is 4.98. The fourth-order valence-electron chi connectivity index (χ4n) is 1.70. The predicted molar refractivity (Wildman–Crippen MR) is 63.7 cm³/mol. The highest BCUT2D eigenvalue weighted by molar-refractivity contribution is 6.01. The van der Waals surface area contributed by atoms with Crippen LogP contribution in [0.4, 0.5) is 0 Å². The Hall–Kier alpha value is -1.84. The second-order valence-electron chi connectivity index (χ2n) is 4.40. The molecule has 90 valence electrons. The van der Waals surface area contributed by atoms with E-state index in [0.717, 1.165) is 11.3 Å². The fraction of sp³-hybridized carbons (Fsp3) is 0.385. The van der Waals surface area contributed by atoms with Gasteiger partial charge in [-0.25, -0.2) is 0 Å². The maximum atomic E-state index is 10.8. The van der Waals surface area contributed by atoms with Crippen molar-refractivity contribution in [2.75, 3.05) is 6.61 Å². The molecule has 0 aromatic heterocycles. The highest BCUT2D eigenvalue weighted by Gasteiger charge is 2.36. The number of rotatable bonds is 3. The predicted octanol–water partition coefficient (Wildman–Crippen LogP) is 2.13. The summed E-state index contributed by atoms with van der Waals surface area (Å²) >= 11 is 0. The van der Waals surface area contributed by atoms with Crippen LogP contribution < -0.4 is 0 Å². The Kier molecular flexibility index (Phi) is 3.13. The molecule has 1 aliphatic heterocycles. The van der Waals surface area contributed by atoms with Gasteiger partial charge in [0.1, 0.15) is 6.61 Å². The first kappa shape index (κ1) is 11.6. The van der Waals surface area contributed by atoms with E-state index < -0.39 is 5.60 Å². The van der Waals surface area contributed by atoms with E-state index in [1.54, 1.807) is 0 Å². The van der Waals surface area contributed by atoms with E-state index in [0.29, 0.717) is 6.42 Å². The van der Waals surface area contributed by atoms with E-state index in [9.17, 15) is 4.79 Å². The molecule has 0 aliphatic carbocycles. The van der Waals surface area contributed by atoms with Gasteiger partial charge in [0.05, 0.1) is 5.71 Å². The van der Waals surface area contributed by atoms with E-state index in [2.05, 4.69) is 5.16 Å². The van der Waals surface area contributed by atoms with E-state index in [1.807, 2.05) is 37.3 Å². The zero-order chi connectivity index (χ0) is 12.3. The van der Waals surface area contributed by atoms with Crippen molar-refractivity contribution in [3.8, 4) is 0 Å². The first-order valence-corrected chi connectivity index (χ1v) is 5.53. The van der Waals surface area contributed by atoms with Crippen LogP contribution in [0.1, 0.15) is 25.8 Å².